The van der Waals surface area contributed by atoms with Crippen LogP contribution < -0.4 is 10.6 Å². The fourth-order valence-corrected chi connectivity index (χ4v) is 3.50. The Balaban J connectivity index is 2.21. The van der Waals surface area contributed by atoms with Crippen molar-refractivity contribution in [2.24, 2.45) is 0 Å². The van der Waals surface area contributed by atoms with Gasteiger partial charge in [-0.05, 0) is 31.5 Å². The number of carbonyl (C=O) groups is 3. The van der Waals surface area contributed by atoms with Gasteiger partial charge in [0.1, 0.15) is 22.3 Å². The normalized spacial score (nSPS) is 10.2. The molecule has 1 amide bonds. The molecular formula is C20H21FN2O5S. The maximum Gasteiger partial charge on any atom is 0.348 e. The lowest BCUT2D eigenvalue weighted by molar-refractivity contribution is -0.114. The lowest BCUT2D eigenvalue weighted by Gasteiger charge is -2.09. The molecule has 2 rings (SSSR count). The van der Waals surface area contributed by atoms with Crippen LogP contribution >= 0.6 is 11.3 Å². The second kappa shape index (κ2) is 10.4. The van der Waals surface area contributed by atoms with E-state index >= 15 is 0 Å². The van der Waals surface area contributed by atoms with Crippen molar-refractivity contribution in [2.45, 2.75) is 13.8 Å². The molecule has 0 saturated heterocycles. The van der Waals surface area contributed by atoms with Gasteiger partial charge >= 0.3 is 11.9 Å². The number of hydrogen-bond acceptors (Lipinski definition) is 7. The highest BCUT2D eigenvalue weighted by molar-refractivity contribution is 7.18. The van der Waals surface area contributed by atoms with E-state index in [9.17, 15) is 18.8 Å². The molecule has 154 valence electrons. The minimum Gasteiger partial charge on any atom is -0.462 e. The van der Waals surface area contributed by atoms with Crippen LogP contribution in [0.25, 0.3) is 0 Å². The van der Waals surface area contributed by atoms with E-state index in [1.54, 1.807) is 19.9 Å². The number of benzene rings is 1. The van der Waals surface area contributed by atoms with E-state index in [0.717, 1.165) is 11.3 Å². The van der Waals surface area contributed by atoms with Crippen molar-refractivity contribution in [1.29, 1.82) is 0 Å². The van der Waals surface area contributed by atoms with Gasteiger partial charge in [0.2, 0.25) is 5.91 Å². The van der Waals surface area contributed by atoms with Crippen LogP contribution in [0.4, 0.5) is 15.1 Å². The zero-order valence-electron chi connectivity index (χ0n) is 16.0. The summed E-state index contributed by atoms with van der Waals surface area (Å²) < 4.78 is 23.7. The Morgan fingerprint density at radius 1 is 1.21 bits per heavy atom. The number of rotatable bonds is 9. The summed E-state index contributed by atoms with van der Waals surface area (Å²) in [5.74, 6) is -2.32. The first kappa shape index (κ1) is 22.1. The SMILES string of the molecule is C=CCOC(=O)c1sc(NC(=O)CNc2ccccc2F)c(C(=O)OCC)c1C. The highest BCUT2D eigenvalue weighted by Gasteiger charge is 2.27. The Labute approximate surface area is 171 Å². The summed E-state index contributed by atoms with van der Waals surface area (Å²) in [5.41, 5.74) is 0.603. The summed E-state index contributed by atoms with van der Waals surface area (Å²) in [6.07, 6.45) is 1.42. The standard InChI is InChI=1S/C20H21FN2O5S/c1-4-10-28-20(26)17-12(3)16(19(25)27-5-2)18(29-17)23-15(24)11-22-14-9-7-6-8-13(14)21/h4,6-9,22H,1,5,10-11H2,2-3H3,(H,23,24). The van der Waals surface area contributed by atoms with Gasteiger partial charge < -0.3 is 20.1 Å². The lowest BCUT2D eigenvalue weighted by Crippen LogP contribution is -2.23. The summed E-state index contributed by atoms with van der Waals surface area (Å²) >= 11 is 0.909. The number of anilines is 2. The van der Waals surface area contributed by atoms with Crippen molar-refractivity contribution in [2.75, 3.05) is 30.4 Å². The predicted molar refractivity (Wildman–Crippen MR) is 109 cm³/mol. The van der Waals surface area contributed by atoms with Crippen molar-refractivity contribution < 1.29 is 28.2 Å². The first-order chi connectivity index (χ1) is 13.9. The molecule has 0 aliphatic rings. The molecule has 7 nitrogen and oxygen atoms in total. The van der Waals surface area contributed by atoms with Crippen LogP contribution in [0.15, 0.2) is 36.9 Å². The molecule has 0 radical (unpaired) electrons. The highest BCUT2D eigenvalue weighted by atomic mass is 32.1. The number of amides is 1. The molecule has 0 aliphatic carbocycles. The maximum absolute atomic E-state index is 13.7. The first-order valence-electron chi connectivity index (χ1n) is 8.75. The lowest BCUT2D eigenvalue weighted by atomic mass is 10.1. The molecule has 0 aliphatic heterocycles. The van der Waals surface area contributed by atoms with Crippen LogP contribution in [0.5, 0.6) is 0 Å². The minimum absolute atomic E-state index is 0.0131. The van der Waals surface area contributed by atoms with Gasteiger partial charge in [0.05, 0.1) is 24.4 Å². The van der Waals surface area contributed by atoms with Gasteiger partial charge in [-0.15, -0.1) is 11.3 Å². The molecule has 1 aromatic heterocycles. The number of halogens is 1. The molecule has 29 heavy (non-hydrogen) atoms. The van der Waals surface area contributed by atoms with Gasteiger partial charge in [-0.1, -0.05) is 24.8 Å². The average Bonchev–Trinajstić information content (AvgIpc) is 3.01. The molecule has 2 N–H and O–H groups in total. The summed E-state index contributed by atoms with van der Waals surface area (Å²) in [6, 6.07) is 5.93. The summed E-state index contributed by atoms with van der Waals surface area (Å²) in [4.78, 5) is 37.1. The quantitative estimate of drug-likeness (QED) is 0.474. The largest absolute Gasteiger partial charge is 0.462 e. The molecule has 9 heteroatoms. The Bertz CT molecular complexity index is 926. The highest BCUT2D eigenvalue weighted by Crippen LogP contribution is 2.34. The van der Waals surface area contributed by atoms with Crippen molar-refractivity contribution in [3.63, 3.8) is 0 Å². The fourth-order valence-electron chi connectivity index (χ4n) is 2.40. The zero-order chi connectivity index (χ0) is 21.4. The molecule has 1 heterocycles. The van der Waals surface area contributed by atoms with Gasteiger partial charge in [-0.3, -0.25) is 4.79 Å². The van der Waals surface area contributed by atoms with Crippen LogP contribution in [-0.2, 0) is 14.3 Å². The maximum atomic E-state index is 13.7. The monoisotopic (exact) mass is 420 g/mol. The number of ether oxygens (including phenoxy) is 2. The molecule has 0 fully saturated rings. The summed E-state index contributed by atoms with van der Waals surface area (Å²) in [5, 5.41) is 5.41. The molecule has 0 atom stereocenters. The Morgan fingerprint density at radius 3 is 2.59 bits per heavy atom. The van der Waals surface area contributed by atoms with Crippen LogP contribution in [0.3, 0.4) is 0 Å². The Kier molecular flexibility index (Phi) is 7.90. The fraction of sp³-hybridized carbons (Fsp3) is 0.250. The van der Waals surface area contributed by atoms with E-state index in [1.807, 2.05) is 0 Å². The average molecular weight is 420 g/mol. The second-order valence-corrected chi connectivity index (χ2v) is 6.77. The van der Waals surface area contributed by atoms with Gasteiger partial charge in [0.25, 0.3) is 0 Å². The predicted octanol–water partition coefficient (Wildman–Crippen LogP) is 3.77. The van der Waals surface area contributed by atoms with E-state index in [4.69, 9.17) is 9.47 Å². The second-order valence-electron chi connectivity index (χ2n) is 5.75. The molecule has 0 bridgehead atoms. The van der Waals surface area contributed by atoms with Crippen molar-refractivity contribution in [1.82, 2.24) is 0 Å². The first-order valence-corrected chi connectivity index (χ1v) is 9.57. The minimum atomic E-state index is -0.665. The van der Waals surface area contributed by atoms with Crippen molar-refractivity contribution in [3.05, 3.63) is 58.7 Å². The van der Waals surface area contributed by atoms with Gasteiger partial charge in [0.15, 0.2) is 0 Å². The summed E-state index contributed by atoms with van der Waals surface area (Å²) in [7, 11) is 0. The van der Waals surface area contributed by atoms with E-state index < -0.39 is 23.7 Å². The molecule has 0 unspecified atom stereocenters. The zero-order valence-corrected chi connectivity index (χ0v) is 16.9. The molecule has 0 spiro atoms. The Morgan fingerprint density at radius 2 is 1.93 bits per heavy atom. The third kappa shape index (κ3) is 5.64. The molecular weight excluding hydrogens is 399 g/mol. The number of carbonyl (C=O) groups excluding carboxylic acids is 3. The number of thiophene rings is 1. The molecule has 1 aromatic carbocycles. The van der Waals surface area contributed by atoms with Gasteiger partial charge in [0, 0.05) is 0 Å². The van der Waals surface area contributed by atoms with Crippen molar-refractivity contribution >= 4 is 39.9 Å². The van der Waals surface area contributed by atoms with E-state index in [0.29, 0.717) is 5.56 Å². The van der Waals surface area contributed by atoms with Crippen LogP contribution in [-0.4, -0.2) is 37.6 Å². The third-order valence-corrected chi connectivity index (χ3v) is 4.90. The summed E-state index contributed by atoms with van der Waals surface area (Å²) in [6.45, 7) is 6.60. The number of hydrogen-bond donors (Lipinski definition) is 2. The number of nitrogens with one attached hydrogen (secondary N) is 2. The van der Waals surface area contributed by atoms with E-state index in [2.05, 4.69) is 17.2 Å². The van der Waals surface area contributed by atoms with Gasteiger partial charge in [-0.25, -0.2) is 14.0 Å². The van der Waals surface area contributed by atoms with Gasteiger partial charge in [-0.2, -0.15) is 0 Å². The molecule has 0 saturated carbocycles. The number of para-hydroxylation sites is 1. The molecule has 2 aromatic rings. The van der Waals surface area contributed by atoms with Crippen LogP contribution in [0, 0.1) is 12.7 Å². The van der Waals surface area contributed by atoms with Crippen LogP contribution in [0.1, 0.15) is 32.5 Å². The van der Waals surface area contributed by atoms with Crippen LogP contribution in [0.2, 0.25) is 0 Å². The van der Waals surface area contributed by atoms with E-state index in [-0.39, 0.29) is 40.9 Å². The Hall–Kier alpha value is -3.20. The smallest absolute Gasteiger partial charge is 0.348 e. The van der Waals surface area contributed by atoms with E-state index in [1.165, 1.54) is 24.3 Å². The topological polar surface area (TPSA) is 93.7 Å². The number of esters is 2. The van der Waals surface area contributed by atoms with Crippen molar-refractivity contribution in [3.8, 4) is 0 Å². The third-order valence-electron chi connectivity index (χ3n) is 3.71.